The lowest BCUT2D eigenvalue weighted by molar-refractivity contribution is -0.132. The number of hydrogen-bond acceptors (Lipinski definition) is 2. The number of nitrogens with zero attached hydrogens (tertiary/aromatic N) is 3. The highest BCUT2D eigenvalue weighted by Crippen LogP contribution is 2.28. The Morgan fingerprint density at radius 1 is 1.50 bits per heavy atom. The van der Waals surface area contributed by atoms with Crippen molar-refractivity contribution in [2.75, 3.05) is 14.1 Å². The monoisotopic (exact) mass is 351 g/mol. The molecule has 1 unspecified atom stereocenters. The Kier molecular flexibility index (Phi) is 4.55. The normalized spacial score (nSPS) is 12.6. The molecule has 1 rings (SSSR count). The van der Waals surface area contributed by atoms with E-state index in [0.29, 0.717) is 0 Å². The first-order chi connectivity index (χ1) is 7.40. The van der Waals surface area contributed by atoms with Crippen LogP contribution in [0.3, 0.4) is 0 Å². The van der Waals surface area contributed by atoms with Crippen LogP contribution in [0.1, 0.15) is 25.6 Å². The molecule has 0 fully saturated rings. The molecule has 0 aliphatic heterocycles. The molecule has 0 saturated heterocycles. The Hall–Kier alpha value is -0.360. The van der Waals surface area contributed by atoms with Gasteiger partial charge in [-0.2, -0.15) is 5.10 Å². The highest BCUT2D eigenvalue weighted by Gasteiger charge is 2.22. The zero-order valence-corrected chi connectivity index (χ0v) is 13.0. The number of aromatic nitrogens is 2. The van der Waals surface area contributed by atoms with Crippen molar-refractivity contribution in [2.45, 2.75) is 26.3 Å². The van der Waals surface area contributed by atoms with Gasteiger partial charge in [-0.05, 0) is 45.2 Å². The number of amides is 1. The Morgan fingerprint density at radius 3 is 2.50 bits per heavy atom. The van der Waals surface area contributed by atoms with Crippen LogP contribution in [0.5, 0.6) is 0 Å². The molecule has 6 heteroatoms. The molecule has 16 heavy (non-hydrogen) atoms. The second-order valence-corrected chi connectivity index (χ2v) is 5.30. The lowest BCUT2D eigenvalue weighted by Gasteiger charge is -2.18. The first kappa shape index (κ1) is 13.7. The van der Waals surface area contributed by atoms with E-state index in [-0.39, 0.29) is 11.9 Å². The van der Waals surface area contributed by atoms with E-state index in [9.17, 15) is 4.79 Å². The van der Waals surface area contributed by atoms with E-state index >= 15 is 0 Å². The number of hydrogen-bond donors (Lipinski definition) is 0. The molecule has 0 N–H and O–H groups in total. The van der Waals surface area contributed by atoms with Gasteiger partial charge < -0.3 is 4.90 Å². The van der Waals surface area contributed by atoms with E-state index in [1.807, 2.05) is 13.8 Å². The van der Waals surface area contributed by atoms with Crippen molar-refractivity contribution in [3.05, 3.63) is 14.8 Å². The largest absolute Gasteiger partial charge is 0.347 e. The van der Waals surface area contributed by atoms with Gasteiger partial charge in [0.25, 0.3) is 0 Å². The predicted molar refractivity (Wildman–Crippen MR) is 70.4 cm³/mol. The lowest BCUT2D eigenvalue weighted by Crippen LogP contribution is -2.31. The Labute approximate surface area is 112 Å². The van der Waals surface area contributed by atoms with E-state index in [1.54, 1.807) is 23.7 Å². The summed E-state index contributed by atoms with van der Waals surface area (Å²) < 4.78 is 3.42. The lowest BCUT2D eigenvalue weighted by atomic mass is 10.2. The molecular weight excluding hydrogens is 338 g/mol. The summed E-state index contributed by atoms with van der Waals surface area (Å²) in [5, 5.41) is 4.32. The minimum Gasteiger partial charge on any atom is -0.347 e. The maximum absolute atomic E-state index is 11.9. The molecule has 0 aromatic carbocycles. The van der Waals surface area contributed by atoms with Crippen LogP contribution < -0.4 is 0 Å². The summed E-state index contributed by atoms with van der Waals surface area (Å²) in [6, 6.07) is -0.285. The number of rotatable bonds is 3. The first-order valence-corrected chi connectivity index (χ1v) is 6.62. The topological polar surface area (TPSA) is 38.1 Å². The van der Waals surface area contributed by atoms with Crippen LogP contribution in [0.25, 0.3) is 0 Å². The average Bonchev–Trinajstić information content (AvgIpc) is 2.53. The quantitative estimate of drug-likeness (QED) is 0.838. The number of halogens is 2. The standard InChI is InChI=1S/C10H15Br2N3O/c1-5-7-8(11)9(12)13-15(7)6(2)10(16)14(3)4/h6H,5H2,1-4H3. The summed E-state index contributed by atoms with van der Waals surface area (Å²) in [6.45, 7) is 3.89. The molecule has 0 radical (unpaired) electrons. The second kappa shape index (κ2) is 5.31. The minimum absolute atomic E-state index is 0.0391. The van der Waals surface area contributed by atoms with E-state index in [0.717, 1.165) is 21.2 Å². The zero-order chi connectivity index (χ0) is 12.5. The number of likely N-dealkylation sites (N-methyl/N-ethyl adjacent to an activating group) is 1. The smallest absolute Gasteiger partial charge is 0.246 e. The van der Waals surface area contributed by atoms with Crippen LogP contribution in [-0.4, -0.2) is 34.7 Å². The van der Waals surface area contributed by atoms with Crippen molar-refractivity contribution in [2.24, 2.45) is 0 Å². The fraction of sp³-hybridized carbons (Fsp3) is 0.600. The van der Waals surface area contributed by atoms with Gasteiger partial charge in [-0.3, -0.25) is 9.48 Å². The van der Waals surface area contributed by atoms with Crippen molar-refractivity contribution in [3.8, 4) is 0 Å². The zero-order valence-electron chi connectivity index (χ0n) is 9.79. The van der Waals surface area contributed by atoms with Gasteiger partial charge in [0.2, 0.25) is 5.91 Å². The summed E-state index contributed by atoms with van der Waals surface area (Å²) in [4.78, 5) is 13.4. The SMILES string of the molecule is CCc1c(Br)c(Br)nn1C(C)C(=O)N(C)C. The molecule has 90 valence electrons. The highest BCUT2D eigenvalue weighted by molar-refractivity contribution is 9.13. The summed E-state index contributed by atoms with van der Waals surface area (Å²) in [5.74, 6) is 0.0391. The highest BCUT2D eigenvalue weighted by atomic mass is 79.9. The number of carbonyl (C=O) groups excluding carboxylic acids is 1. The molecule has 1 aromatic rings. The van der Waals surface area contributed by atoms with Crippen molar-refractivity contribution in [3.63, 3.8) is 0 Å². The van der Waals surface area contributed by atoms with Gasteiger partial charge in [0.1, 0.15) is 10.6 Å². The van der Waals surface area contributed by atoms with Crippen molar-refractivity contribution in [1.29, 1.82) is 0 Å². The summed E-state index contributed by atoms with van der Waals surface area (Å²) in [7, 11) is 3.50. The minimum atomic E-state index is -0.285. The Bertz CT molecular complexity index is 401. The molecule has 0 spiro atoms. The van der Waals surface area contributed by atoms with Gasteiger partial charge in [0, 0.05) is 14.1 Å². The van der Waals surface area contributed by atoms with E-state index in [2.05, 4.69) is 37.0 Å². The average molecular weight is 353 g/mol. The summed E-state index contributed by atoms with van der Waals surface area (Å²) in [5.41, 5.74) is 1.02. The maximum Gasteiger partial charge on any atom is 0.246 e. The van der Waals surface area contributed by atoms with Gasteiger partial charge in [-0.25, -0.2) is 0 Å². The van der Waals surface area contributed by atoms with Gasteiger partial charge in [-0.15, -0.1) is 0 Å². The summed E-state index contributed by atoms with van der Waals surface area (Å²) in [6.07, 6.45) is 0.824. The fourth-order valence-electron chi connectivity index (χ4n) is 1.53. The Morgan fingerprint density at radius 2 is 2.06 bits per heavy atom. The van der Waals surface area contributed by atoms with E-state index in [4.69, 9.17) is 0 Å². The first-order valence-electron chi connectivity index (χ1n) is 5.03. The van der Waals surface area contributed by atoms with Crippen LogP contribution >= 0.6 is 31.9 Å². The molecule has 0 aliphatic carbocycles. The fourth-order valence-corrected chi connectivity index (χ4v) is 2.48. The molecule has 1 aromatic heterocycles. The van der Waals surface area contributed by atoms with E-state index < -0.39 is 0 Å². The maximum atomic E-state index is 11.9. The van der Waals surface area contributed by atoms with Gasteiger partial charge in [0.15, 0.2) is 0 Å². The van der Waals surface area contributed by atoms with Crippen LogP contribution in [-0.2, 0) is 11.2 Å². The third-order valence-electron chi connectivity index (χ3n) is 2.41. The van der Waals surface area contributed by atoms with Crippen LogP contribution in [0.15, 0.2) is 9.08 Å². The molecule has 1 atom stereocenters. The third kappa shape index (κ3) is 2.48. The van der Waals surface area contributed by atoms with Crippen molar-refractivity contribution in [1.82, 2.24) is 14.7 Å². The van der Waals surface area contributed by atoms with Crippen LogP contribution in [0.4, 0.5) is 0 Å². The van der Waals surface area contributed by atoms with Gasteiger partial charge in [0.05, 0.1) is 10.2 Å². The molecule has 1 amide bonds. The van der Waals surface area contributed by atoms with Crippen LogP contribution in [0.2, 0.25) is 0 Å². The number of carbonyl (C=O) groups is 1. The molecule has 0 aliphatic rings. The molecule has 4 nitrogen and oxygen atoms in total. The van der Waals surface area contributed by atoms with Crippen molar-refractivity contribution < 1.29 is 4.79 Å². The van der Waals surface area contributed by atoms with Gasteiger partial charge in [-0.1, -0.05) is 6.92 Å². The second-order valence-electron chi connectivity index (χ2n) is 3.76. The molecular formula is C10H15Br2N3O. The summed E-state index contributed by atoms with van der Waals surface area (Å²) >= 11 is 6.82. The van der Waals surface area contributed by atoms with Crippen LogP contribution in [0, 0.1) is 0 Å². The van der Waals surface area contributed by atoms with Crippen molar-refractivity contribution >= 4 is 37.8 Å². The molecule has 0 bridgehead atoms. The third-order valence-corrected chi connectivity index (χ3v) is 4.33. The Balaban J connectivity index is 3.13. The molecule has 1 heterocycles. The predicted octanol–water partition coefficient (Wildman–Crippen LogP) is 2.62. The van der Waals surface area contributed by atoms with E-state index in [1.165, 1.54) is 0 Å². The molecule has 0 saturated carbocycles. The van der Waals surface area contributed by atoms with Gasteiger partial charge >= 0.3 is 0 Å².